The minimum atomic E-state index is -1.04. The van der Waals surface area contributed by atoms with Gasteiger partial charge < -0.3 is 34.7 Å². The van der Waals surface area contributed by atoms with Crippen LogP contribution < -0.4 is 15.4 Å². The van der Waals surface area contributed by atoms with Crippen molar-refractivity contribution in [1.29, 1.82) is 5.26 Å². The minimum Gasteiger partial charge on any atom is -0.496 e. The van der Waals surface area contributed by atoms with Crippen molar-refractivity contribution in [1.82, 2.24) is 10.3 Å². The fraction of sp³-hybridized carbons (Fsp3) is 0.300. The lowest BCUT2D eigenvalue weighted by Crippen LogP contribution is -2.33. The molecule has 4 N–H and O–H groups in total. The SMILES string of the molecule is COc1cc(C(=O)NCC(O)CO)ccc1-c1cc2nccc(-c3ccc(NC4CCOCC4)c(C#N)c3)c2o1. The number of methoxy groups -OCH3 is 1. The topological polar surface area (TPSA) is 150 Å². The van der Waals surface area contributed by atoms with Crippen molar-refractivity contribution in [2.75, 3.05) is 38.8 Å². The van der Waals surface area contributed by atoms with Crippen LogP contribution in [-0.2, 0) is 4.74 Å². The Morgan fingerprint density at radius 2 is 2.00 bits per heavy atom. The summed E-state index contributed by atoms with van der Waals surface area (Å²) in [5, 5.41) is 34.4. The van der Waals surface area contributed by atoms with Crippen LogP contribution in [0, 0.1) is 11.3 Å². The lowest BCUT2D eigenvalue weighted by molar-refractivity contribution is 0.0801. The number of nitriles is 1. The molecule has 3 heterocycles. The Labute approximate surface area is 231 Å². The molecular formula is C30H30N4O6. The number of pyridine rings is 1. The zero-order chi connectivity index (χ0) is 28.1. The van der Waals surface area contributed by atoms with E-state index >= 15 is 0 Å². The molecular weight excluding hydrogens is 512 g/mol. The Hall–Kier alpha value is -4.43. The van der Waals surface area contributed by atoms with Gasteiger partial charge in [-0.25, -0.2) is 0 Å². The molecule has 4 aromatic rings. The lowest BCUT2D eigenvalue weighted by atomic mass is 10.0. The number of aliphatic hydroxyl groups excluding tert-OH is 2. The number of benzene rings is 2. The number of rotatable bonds is 9. The predicted octanol–water partition coefficient (Wildman–Crippen LogP) is 3.72. The highest BCUT2D eigenvalue weighted by molar-refractivity contribution is 5.96. The highest BCUT2D eigenvalue weighted by atomic mass is 16.5. The monoisotopic (exact) mass is 542 g/mol. The molecule has 1 amide bonds. The van der Waals surface area contributed by atoms with Crippen molar-refractivity contribution in [2.45, 2.75) is 25.0 Å². The number of amides is 1. The third-order valence-corrected chi connectivity index (χ3v) is 6.88. The summed E-state index contributed by atoms with van der Waals surface area (Å²) in [6.07, 6.45) is 2.46. The molecule has 40 heavy (non-hydrogen) atoms. The van der Waals surface area contributed by atoms with Gasteiger partial charge in [0.25, 0.3) is 5.91 Å². The van der Waals surface area contributed by atoms with Crippen LogP contribution in [0.25, 0.3) is 33.6 Å². The van der Waals surface area contributed by atoms with Gasteiger partial charge in [-0.15, -0.1) is 0 Å². The average Bonchev–Trinajstić information content (AvgIpc) is 3.44. The quantitative estimate of drug-likeness (QED) is 0.248. The van der Waals surface area contributed by atoms with Gasteiger partial charge in [-0.2, -0.15) is 5.26 Å². The van der Waals surface area contributed by atoms with E-state index in [0.717, 1.165) is 29.7 Å². The first-order chi connectivity index (χ1) is 19.5. The van der Waals surface area contributed by atoms with Gasteiger partial charge in [-0.3, -0.25) is 9.78 Å². The van der Waals surface area contributed by atoms with Gasteiger partial charge in [-0.05, 0) is 54.8 Å². The first-order valence-corrected chi connectivity index (χ1v) is 13.0. The number of aliphatic hydroxyl groups is 2. The smallest absolute Gasteiger partial charge is 0.251 e. The maximum atomic E-state index is 12.5. The van der Waals surface area contributed by atoms with Crippen LogP contribution in [0.4, 0.5) is 5.69 Å². The zero-order valence-corrected chi connectivity index (χ0v) is 22.0. The van der Waals surface area contributed by atoms with E-state index in [9.17, 15) is 15.2 Å². The Kier molecular flexibility index (Phi) is 8.26. The summed E-state index contributed by atoms with van der Waals surface area (Å²) >= 11 is 0. The molecule has 10 heteroatoms. The lowest BCUT2D eigenvalue weighted by Gasteiger charge is -2.24. The van der Waals surface area contributed by atoms with Crippen molar-refractivity contribution >= 4 is 22.7 Å². The van der Waals surface area contributed by atoms with Gasteiger partial charge >= 0.3 is 0 Å². The third-order valence-electron chi connectivity index (χ3n) is 6.88. The fourth-order valence-corrected chi connectivity index (χ4v) is 4.70. The summed E-state index contributed by atoms with van der Waals surface area (Å²) in [5.74, 6) is 0.521. The molecule has 1 aliphatic heterocycles. The van der Waals surface area contributed by atoms with Crippen molar-refractivity contribution in [3.8, 4) is 34.3 Å². The summed E-state index contributed by atoms with van der Waals surface area (Å²) in [4.78, 5) is 17.0. The van der Waals surface area contributed by atoms with E-state index in [1.807, 2.05) is 24.3 Å². The van der Waals surface area contributed by atoms with Crippen LogP contribution >= 0.6 is 0 Å². The molecule has 0 radical (unpaired) electrons. The summed E-state index contributed by atoms with van der Waals surface area (Å²) in [6.45, 7) is 0.906. The molecule has 1 saturated heterocycles. The van der Waals surface area contributed by atoms with Crippen LogP contribution in [-0.4, -0.2) is 66.7 Å². The van der Waals surface area contributed by atoms with Crippen LogP contribution in [0.1, 0.15) is 28.8 Å². The number of furan rings is 1. The molecule has 1 fully saturated rings. The fourth-order valence-electron chi connectivity index (χ4n) is 4.70. The normalized spacial score (nSPS) is 14.4. The second-order valence-electron chi connectivity index (χ2n) is 9.55. The molecule has 1 aliphatic rings. The number of carbonyl (C=O) groups excluding carboxylic acids is 1. The predicted molar refractivity (Wildman–Crippen MR) is 149 cm³/mol. The van der Waals surface area contributed by atoms with Gasteiger partial charge in [0, 0.05) is 49.2 Å². The first kappa shape index (κ1) is 27.1. The number of nitrogens with zero attached hydrogens (tertiary/aromatic N) is 2. The van der Waals surface area contributed by atoms with Crippen LogP contribution in [0.3, 0.4) is 0 Å². The average molecular weight is 543 g/mol. The van der Waals surface area contributed by atoms with Gasteiger partial charge in [0.1, 0.15) is 23.1 Å². The molecule has 1 unspecified atom stereocenters. The molecule has 1 atom stereocenters. The number of aromatic nitrogens is 1. The van der Waals surface area contributed by atoms with E-state index in [-0.39, 0.29) is 12.6 Å². The molecule has 10 nitrogen and oxygen atoms in total. The highest BCUT2D eigenvalue weighted by Crippen LogP contribution is 2.38. The number of fused-ring (bicyclic) bond motifs is 1. The Balaban J connectivity index is 1.44. The summed E-state index contributed by atoms with van der Waals surface area (Å²) < 4.78 is 17.3. The maximum Gasteiger partial charge on any atom is 0.251 e. The number of hydrogen-bond acceptors (Lipinski definition) is 9. The summed E-state index contributed by atoms with van der Waals surface area (Å²) in [7, 11) is 1.50. The molecule has 206 valence electrons. The zero-order valence-electron chi connectivity index (χ0n) is 22.0. The maximum absolute atomic E-state index is 12.5. The molecule has 2 aromatic heterocycles. The molecule has 2 aromatic carbocycles. The standard InChI is InChI=1S/C30H30N4O6/c1-38-27-13-19(30(37)33-16-22(36)17-35)2-4-24(27)28-14-26-29(40-28)23(6-9-32-26)18-3-5-25(20(12-18)15-31)34-21-7-10-39-11-8-21/h2-6,9,12-14,21-22,34-36H,7-8,10-11,16-17H2,1H3,(H,33,37). The number of hydrogen-bond donors (Lipinski definition) is 4. The van der Waals surface area contributed by atoms with Crippen molar-refractivity contribution in [2.24, 2.45) is 0 Å². The van der Waals surface area contributed by atoms with Gasteiger partial charge in [0.2, 0.25) is 0 Å². The van der Waals surface area contributed by atoms with E-state index in [1.165, 1.54) is 7.11 Å². The number of nitrogens with one attached hydrogen (secondary N) is 2. The second-order valence-corrected chi connectivity index (χ2v) is 9.55. The summed E-state index contributed by atoms with van der Waals surface area (Å²) in [5.41, 5.74) is 5.12. The first-order valence-electron chi connectivity index (χ1n) is 13.0. The van der Waals surface area contributed by atoms with Gasteiger partial charge in [-0.1, -0.05) is 6.07 Å². The molecule has 0 aliphatic carbocycles. The van der Waals surface area contributed by atoms with Gasteiger partial charge in [0.15, 0.2) is 5.58 Å². The van der Waals surface area contributed by atoms with Crippen molar-refractivity contribution < 1.29 is 28.9 Å². The Morgan fingerprint density at radius 1 is 1.18 bits per heavy atom. The van der Waals surface area contributed by atoms with Crippen LogP contribution in [0.2, 0.25) is 0 Å². The summed E-state index contributed by atoms with van der Waals surface area (Å²) in [6, 6.07) is 16.9. The van der Waals surface area contributed by atoms with E-state index < -0.39 is 18.6 Å². The number of carbonyl (C=O) groups is 1. The molecule has 5 rings (SSSR count). The highest BCUT2D eigenvalue weighted by Gasteiger charge is 2.19. The third kappa shape index (κ3) is 5.77. The minimum absolute atomic E-state index is 0.0719. The Morgan fingerprint density at radius 3 is 2.75 bits per heavy atom. The molecule has 0 saturated carbocycles. The number of anilines is 1. The Bertz CT molecular complexity index is 1550. The van der Waals surface area contributed by atoms with Crippen LogP contribution in [0.5, 0.6) is 5.75 Å². The van der Waals surface area contributed by atoms with E-state index in [1.54, 1.807) is 30.5 Å². The van der Waals surface area contributed by atoms with Gasteiger partial charge in [0.05, 0.1) is 36.6 Å². The van der Waals surface area contributed by atoms with E-state index in [0.29, 0.717) is 52.5 Å². The molecule has 0 bridgehead atoms. The van der Waals surface area contributed by atoms with E-state index in [2.05, 4.69) is 21.7 Å². The number of ether oxygens (including phenoxy) is 2. The largest absolute Gasteiger partial charge is 0.496 e. The molecule has 0 spiro atoms. The van der Waals surface area contributed by atoms with Crippen LogP contribution in [0.15, 0.2) is 59.1 Å². The van der Waals surface area contributed by atoms with Crippen molar-refractivity contribution in [3.05, 3.63) is 65.9 Å². The van der Waals surface area contributed by atoms with Crippen molar-refractivity contribution in [3.63, 3.8) is 0 Å². The second kappa shape index (κ2) is 12.2. The van der Waals surface area contributed by atoms with E-state index in [4.69, 9.17) is 19.0 Å².